The molecule has 2 aromatic rings. The predicted molar refractivity (Wildman–Crippen MR) is 128 cm³/mol. The second-order valence-corrected chi connectivity index (χ2v) is 9.67. The number of benzene rings is 2. The van der Waals surface area contributed by atoms with Gasteiger partial charge in [0.25, 0.3) is 0 Å². The van der Waals surface area contributed by atoms with Crippen LogP contribution in [0.3, 0.4) is 0 Å². The van der Waals surface area contributed by atoms with Crippen LogP contribution in [0.2, 0.25) is 0 Å². The Balaban J connectivity index is 1.66. The molecule has 2 heterocycles. The highest BCUT2D eigenvalue weighted by Gasteiger charge is 2.54. The van der Waals surface area contributed by atoms with Crippen LogP contribution in [0.5, 0.6) is 0 Å². The minimum Gasteiger partial charge on any atom is -0.452 e. The number of carbonyl (C=O) groups excluding carboxylic acids is 2. The minimum absolute atomic E-state index is 0.0117. The highest BCUT2D eigenvalue weighted by atomic mass is 16.8. The SMILES string of the molecule is CC[C@H](C)[C@@H]1C(=O)O[C@H]1C(=O)O[C@H](c1ccccc1)C1OC(C)(C)O[C@H]1[C@H](OC)c1ccccc1. The Morgan fingerprint density at radius 1 is 0.943 bits per heavy atom. The summed E-state index contributed by atoms with van der Waals surface area (Å²) in [6, 6.07) is 19.2. The summed E-state index contributed by atoms with van der Waals surface area (Å²) in [7, 11) is 1.62. The molecule has 0 saturated carbocycles. The van der Waals surface area contributed by atoms with E-state index in [4.69, 9.17) is 23.7 Å². The van der Waals surface area contributed by atoms with Gasteiger partial charge in [0.15, 0.2) is 11.9 Å². The van der Waals surface area contributed by atoms with Crippen LogP contribution in [0.4, 0.5) is 0 Å². The summed E-state index contributed by atoms with van der Waals surface area (Å²) in [6.45, 7) is 7.58. The lowest BCUT2D eigenvalue weighted by Gasteiger charge is -2.38. The van der Waals surface area contributed by atoms with Crippen molar-refractivity contribution in [3.63, 3.8) is 0 Å². The van der Waals surface area contributed by atoms with Crippen LogP contribution in [0.1, 0.15) is 57.5 Å². The number of esters is 2. The standard InChI is InChI=1S/C28H34O7/c1-6-17(2)20-23(33-26(20)29)27(30)32-22(19-15-11-8-12-16-19)25-24(34-28(3,4)35-25)21(31-5)18-13-9-7-10-14-18/h7-17,20-25H,6H2,1-5H3/t17-,20-,21+,22+,23+,24-,25?/m0/s1. The molecule has 2 fully saturated rings. The van der Waals surface area contributed by atoms with E-state index in [-0.39, 0.29) is 11.9 Å². The summed E-state index contributed by atoms with van der Waals surface area (Å²) in [5.74, 6) is -2.36. The Labute approximate surface area is 206 Å². The van der Waals surface area contributed by atoms with Crippen molar-refractivity contribution in [1.29, 1.82) is 0 Å². The normalized spacial score (nSPS) is 27.9. The van der Waals surface area contributed by atoms with Gasteiger partial charge >= 0.3 is 11.9 Å². The first kappa shape index (κ1) is 25.4. The molecule has 7 atom stereocenters. The topological polar surface area (TPSA) is 80.3 Å². The highest BCUT2D eigenvalue weighted by Crippen LogP contribution is 2.44. The van der Waals surface area contributed by atoms with Crippen molar-refractivity contribution in [1.82, 2.24) is 0 Å². The van der Waals surface area contributed by atoms with Crippen molar-refractivity contribution in [3.8, 4) is 0 Å². The lowest BCUT2D eigenvalue weighted by atomic mass is 9.83. The molecular weight excluding hydrogens is 448 g/mol. The van der Waals surface area contributed by atoms with Gasteiger partial charge in [-0.15, -0.1) is 0 Å². The van der Waals surface area contributed by atoms with Crippen LogP contribution in [0.15, 0.2) is 60.7 Å². The van der Waals surface area contributed by atoms with Crippen LogP contribution in [0.25, 0.3) is 0 Å². The molecule has 7 heteroatoms. The van der Waals surface area contributed by atoms with Gasteiger partial charge in [0.1, 0.15) is 24.2 Å². The summed E-state index contributed by atoms with van der Waals surface area (Å²) >= 11 is 0. The van der Waals surface area contributed by atoms with Gasteiger partial charge in [0.2, 0.25) is 6.10 Å². The second kappa shape index (κ2) is 10.5. The highest BCUT2D eigenvalue weighted by molar-refractivity contribution is 5.91. The number of ether oxygens (including phenoxy) is 5. The lowest BCUT2D eigenvalue weighted by molar-refractivity contribution is -0.210. The predicted octanol–water partition coefficient (Wildman–Crippen LogP) is 4.77. The quantitative estimate of drug-likeness (QED) is 0.477. The third-order valence-corrected chi connectivity index (χ3v) is 6.84. The van der Waals surface area contributed by atoms with E-state index in [0.717, 1.165) is 17.5 Å². The fraction of sp³-hybridized carbons (Fsp3) is 0.500. The third kappa shape index (κ3) is 5.27. The fourth-order valence-corrected chi connectivity index (χ4v) is 4.86. The number of hydrogen-bond donors (Lipinski definition) is 0. The molecule has 0 amide bonds. The van der Waals surface area contributed by atoms with Crippen molar-refractivity contribution in [3.05, 3.63) is 71.8 Å². The molecule has 188 valence electrons. The van der Waals surface area contributed by atoms with Gasteiger partial charge < -0.3 is 23.7 Å². The molecular formula is C28H34O7. The molecule has 0 N–H and O–H groups in total. The van der Waals surface area contributed by atoms with E-state index in [1.54, 1.807) is 7.11 Å². The number of hydrogen-bond acceptors (Lipinski definition) is 7. The Morgan fingerprint density at radius 3 is 1.94 bits per heavy atom. The average molecular weight is 483 g/mol. The van der Waals surface area contributed by atoms with Crippen LogP contribution in [-0.2, 0) is 33.3 Å². The number of cyclic esters (lactones) is 1. The number of methoxy groups -OCH3 is 1. The third-order valence-electron chi connectivity index (χ3n) is 6.84. The maximum Gasteiger partial charge on any atom is 0.349 e. The van der Waals surface area contributed by atoms with E-state index in [2.05, 4.69) is 0 Å². The lowest BCUT2D eigenvalue weighted by Crippen LogP contribution is -2.54. The zero-order chi connectivity index (χ0) is 25.2. The zero-order valence-electron chi connectivity index (χ0n) is 20.9. The maximum atomic E-state index is 13.3. The molecule has 0 radical (unpaired) electrons. The van der Waals surface area contributed by atoms with Crippen molar-refractivity contribution >= 4 is 11.9 Å². The van der Waals surface area contributed by atoms with E-state index >= 15 is 0 Å². The Hall–Kier alpha value is -2.74. The molecule has 2 saturated heterocycles. The maximum absolute atomic E-state index is 13.3. The smallest absolute Gasteiger partial charge is 0.349 e. The number of carbonyl (C=O) groups is 2. The molecule has 0 aromatic heterocycles. The van der Waals surface area contributed by atoms with Gasteiger partial charge in [-0.25, -0.2) is 4.79 Å². The average Bonchev–Trinajstić information content (AvgIpc) is 3.16. The first-order chi connectivity index (χ1) is 16.8. The van der Waals surface area contributed by atoms with Crippen molar-refractivity contribution < 1.29 is 33.3 Å². The minimum atomic E-state index is -0.928. The molecule has 2 aromatic carbocycles. The summed E-state index contributed by atoms with van der Waals surface area (Å²) in [4.78, 5) is 25.4. The van der Waals surface area contributed by atoms with Crippen LogP contribution >= 0.6 is 0 Å². The van der Waals surface area contributed by atoms with Crippen molar-refractivity contribution in [2.24, 2.45) is 11.8 Å². The summed E-state index contributed by atoms with van der Waals surface area (Å²) in [5.41, 5.74) is 1.68. The van der Waals surface area contributed by atoms with E-state index in [0.29, 0.717) is 0 Å². The molecule has 35 heavy (non-hydrogen) atoms. The van der Waals surface area contributed by atoms with E-state index in [1.807, 2.05) is 88.4 Å². The van der Waals surface area contributed by atoms with Crippen LogP contribution < -0.4 is 0 Å². The Bertz CT molecular complexity index is 1010. The summed E-state index contributed by atoms with van der Waals surface area (Å²) in [5, 5.41) is 0. The molecule has 1 unspecified atom stereocenters. The van der Waals surface area contributed by atoms with Gasteiger partial charge in [-0.1, -0.05) is 80.9 Å². The van der Waals surface area contributed by atoms with E-state index in [9.17, 15) is 9.59 Å². The Morgan fingerprint density at radius 2 is 1.46 bits per heavy atom. The molecule has 0 spiro atoms. The molecule has 2 aliphatic heterocycles. The summed E-state index contributed by atoms with van der Waals surface area (Å²) < 4.78 is 29.9. The summed E-state index contributed by atoms with van der Waals surface area (Å²) in [6.07, 6.45) is -2.65. The number of rotatable bonds is 9. The molecule has 4 rings (SSSR count). The molecule has 0 aliphatic carbocycles. The van der Waals surface area contributed by atoms with Gasteiger partial charge in [-0.05, 0) is 30.9 Å². The van der Waals surface area contributed by atoms with Crippen LogP contribution in [0, 0.1) is 11.8 Å². The first-order valence-corrected chi connectivity index (χ1v) is 12.1. The molecule has 2 aliphatic rings. The van der Waals surface area contributed by atoms with Crippen molar-refractivity contribution in [2.75, 3.05) is 7.11 Å². The first-order valence-electron chi connectivity index (χ1n) is 12.1. The van der Waals surface area contributed by atoms with Gasteiger partial charge in [-0.2, -0.15) is 0 Å². The van der Waals surface area contributed by atoms with Crippen LogP contribution in [-0.4, -0.2) is 43.1 Å². The van der Waals surface area contributed by atoms with Gasteiger partial charge in [-0.3, -0.25) is 4.79 Å². The molecule has 7 nitrogen and oxygen atoms in total. The monoisotopic (exact) mass is 482 g/mol. The largest absolute Gasteiger partial charge is 0.452 e. The van der Waals surface area contributed by atoms with Gasteiger partial charge in [0, 0.05) is 7.11 Å². The van der Waals surface area contributed by atoms with E-state index < -0.39 is 48.2 Å². The van der Waals surface area contributed by atoms with E-state index in [1.165, 1.54) is 0 Å². The van der Waals surface area contributed by atoms with Crippen molar-refractivity contribution in [2.45, 2.75) is 70.4 Å². The Kier molecular flexibility index (Phi) is 7.59. The zero-order valence-corrected chi connectivity index (χ0v) is 20.9. The second-order valence-electron chi connectivity index (χ2n) is 9.67. The molecule has 0 bridgehead atoms. The van der Waals surface area contributed by atoms with Gasteiger partial charge in [0.05, 0.1) is 0 Å². The fourth-order valence-electron chi connectivity index (χ4n) is 4.86.